The quantitative estimate of drug-likeness (QED) is 0.611. The van der Waals surface area contributed by atoms with Crippen molar-refractivity contribution in [1.82, 2.24) is 10.3 Å². The van der Waals surface area contributed by atoms with E-state index in [4.69, 9.17) is 4.74 Å². The fourth-order valence-electron chi connectivity index (χ4n) is 1.58. The smallest absolute Gasteiger partial charge is 0.291 e. The summed E-state index contributed by atoms with van der Waals surface area (Å²) in [7, 11) is 0. The number of rotatable bonds is 4. The molecule has 6 heteroatoms. The van der Waals surface area contributed by atoms with E-state index in [1.54, 1.807) is 0 Å². The monoisotopic (exact) mass is 223 g/mol. The lowest BCUT2D eigenvalue weighted by atomic mass is 10.0. The Labute approximate surface area is 92.8 Å². The second kappa shape index (κ2) is 4.44. The minimum atomic E-state index is -0.480. The van der Waals surface area contributed by atoms with Gasteiger partial charge in [-0.15, -0.1) is 0 Å². The van der Waals surface area contributed by atoms with E-state index in [-0.39, 0.29) is 11.8 Å². The summed E-state index contributed by atoms with van der Waals surface area (Å²) in [4.78, 5) is 13.8. The highest BCUT2D eigenvalue weighted by Crippen LogP contribution is 2.20. The van der Waals surface area contributed by atoms with Crippen molar-refractivity contribution < 1.29 is 9.66 Å². The van der Waals surface area contributed by atoms with Crippen molar-refractivity contribution in [2.24, 2.45) is 0 Å². The molecule has 0 aromatic carbocycles. The van der Waals surface area contributed by atoms with E-state index in [0.29, 0.717) is 11.8 Å². The molecule has 1 saturated heterocycles. The molecule has 2 rings (SSSR count). The molecular weight excluding hydrogens is 210 g/mol. The Balaban J connectivity index is 2.02. The van der Waals surface area contributed by atoms with Crippen molar-refractivity contribution in [2.45, 2.75) is 25.5 Å². The summed E-state index contributed by atoms with van der Waals surface area (Å²) in [5.74, 6) is 0.440. The number of ether oxygens (including phenoxy) is 1. The number of pyridine rings is 1. The molecule has 1 aliphatic rings. The highest BCUT2D eigenvalue weighted by atomic mass is 16.6. The Hall–Kier alpha value is -1.69. The zero-order valence-corrected chi connectivity index (χ0v) is 8.92. The van der Waals surface area contributed by atoms with Crippen LogP contribution in [0.15, 0.2) is 18.5 Å². The molecule has 0 aliphatic carbocycles. The van der Waals surface area contributed by atoms with Gasteiger partial charge < -0.3 is 10.1 Å². The largest absolute Gasteiger partial charge is 0.487 e. The highest BCUT2D eigenvalue weighted by Gasteiger charge is 2.24. The molecule has 0 radical (unpaired) electrons. The van der Waals surface area contributed by atoms with Gasteiger partial charge in [0.1, 0.15) is 18.1 Å². The number of aromatic nitrogens is 1. The number of nitrogens with zero attached hydrogens (tertiary/aromatic N) is 2. The summed E-state index contributed by atoms with van der Waals surface area (Å²) < 4.78 is 5.58. The van der Waals surface area contributed by atoms with E-state index < -0.39 is 4.92 Å². The minimum absolute atomic E-state index is 0.00226. The van der Waals surface area contributed by atoms with Crippen LogP contribution in [0.25, 0.3) is 0 Å². The molecule has 1 aliphatic heterocycles. The predicted molar refractivity (Wildman–Crippen MR) is 57.4 cm³/mol. The van der Waals surface area contributed by atoms with Gasteiger partial charge in [0.2, 0.25) is 0 Å². The van der Waals surface area contributed by atoms with E-state index in [1.165, 1.54) is 18.5 Å². The Bertz CT molecular complexity index is 393. The van der Waals surface area contributed by atoms with Crippen molar-refractivity contribution in [2.75, 3.05) is 6.54 Å². The minimum Gasteiger partial charge on any atom is -0.487 e. The zero-order valence-electron chi connectivity index (χ0n) is 8.92. The molecule has 0 saturated carbocycles. The molecule has 86 valence electrons. The summed E-state index contributed by atoms with van der Waals surface area (Å²) in [5, 5.41) is 13.8. The molecule has 0 spiro atoms. The molecule has 2 atom stereocenters. The van der Waals surface area contributed by atoms with Crippen LogP contribution in [0.1, 0.15) is 13.3 Å². The second-order valence-corrected chi connectivity index (χ2v) is 3.81. The molecular formula is C10H13N3O3. The summed E-state index contributed by atoms with van der Waals surface area (Å²) >= 11 is 0. The van der Waals surface area contributed by atoms with E-state index in [2.05, 4.69) is 10.3 Å². The normalized spacial score (nSPS) is 20.9. The lowest BCUT2D eigenvalue weighted by molar-refractivity contribution is -0.385. The topological polar surface area (TPSA) is 77.3 Å². The van der Waals surface area contributed by atoms with Gasteiger partial charge in [0.15, 0.2) is 0 Å². The van der Waals surface area contributed by atoms with Gasteiger partial charge in [-0.25, -0.2) is 0 Å². The summed E-state index contributed by atoms with van der Waals surface area (Å²) in [6, 6.07) is 1.72. The van der Waals surface area contributed by atoms with E-state index >= 15 is 0 Å². The van der Waals surface area contributed by atoms with Gasteiger partial charge in [-0.2, -0.15) is 0 Å². The summed E-state index contributed by atoms with van der Waals surface area (Å²) in [5.41, 5.74) is -0.0498. The molecule has 1 aromatic heterocycles. The highest BCUT2D eigenvalue weighted by molar-refractivity contribution is 5.33. The maximum absolute atomic E-state index is 10.5. The van der Waals surface area contributed by atoms with Gasteiger partial charge in [0.25, 0.3) is 5.69 Å². The molecule has 16 heavy (non-hydrogen) atoms. The maximum atomic E-state index is 10.5. The van der Waals surface area contributed by atoms with Crippen LogP contribution < -0.4 is 10.1 Å². The maximum Gasteiger partial charge on any atom is 0.291 e. The van der Waals surface area contributed by atoms with Crippen LogP contribution in [0.3, 0.4) is 0 Å². The summed E-state index contributed by atoms with van der Waals surface area (Å²) in [6.45, 7) is 2.95. The molecule has 6 nitrogen and oxygen atoms in total. The lowest BCUT2D eigenvalue weighted by Gasteiger charge is -2.32. The number of nitro groups is 1. The average molecular weight is 223 g/mol. The van der Waals surface area contributed by atoms with Crippen molar-refractivity contribution in [1.29, 1.82) is 0 Å². The van der Waals surface area contributed by atoms with Crippen LogP contribution in [-0.2, 0) is 0 Å². The van der Waals surface area contributed by atoms with Gasteiger partial charge >= 0.3 is 0 Å². The first-order valence-corrected chi connectivity index (χ1v) is 5.16. The Morgan fingerprint density at radius 1 is 1.69 bits per heavy atom. The number of hydrogen-bond donors (Lipinski definition) is 1. The van der Waals surface area contributed by atoms with E-state index in [1.807, 2.05) is 6.92 Å². The first-order valence-electron chi connectivity index (χ1n) is 5.16. The first kappa shape index (κ1) is 10.8. The van der Waals surface area contributed by atoms with Crippen molar-refractivity contribution in [3.8, 4) is 5.75 Å². The van der Waals surface area contributed by atoms with Gasteiger partial charge in [0.05, 0.1) is 17.2 Å². The predicted octanol–water partition coefficient (Wildman–Crippen LogP) is 1.12. The van der Waals surface area contributed by atoms with Crippen LogP contribution in [0.2, 0.25) is 0 Å². The molecule has 0 bridgehead atoms. The van der Waals surface area contributed by atoms with Gasteiger partial charge in [-0.3, -0.25) is 15.1 Å². The van der Waals surface area contributed by atoms with Crippen molar-refractivity contribution in [3.63, 3.8) is 0 Å². The SMILES string of the molecule is CC(Oc1cncc([N+](=O)[O-])c1)[C@H]1CCN1. The third-order valence-electron chi connectivity index (χ3n) is 2.66. The third kappa shape index (κ3) is 2.27. The third-order valence-corrected chi connectivity index (χ3v) is 2.66. The van der Waals surface area contributed by atoms with Crippen molar-refractivity contribution >= 4 is 5.69 Å². The second-order valence-electron chi connectivity index (χ2n) is 3.81. The van der Waals surface area contributed by atoms with Crippen LogP contribution in [0, 0.1) is 10.1 Å². The van der Waals surface area contributed by atoms with Gasteiger partial charge in [-0.05, 0) is 19.9 Å². The molecule has 0 amide bonds. The van der Waals surface area contributed by atoms with Crippen LogP contribution in [0.5, 0.6) is 5.75 Å². The Morgan fingerprint density at radius 3 is 3.00 bits per heavy atom. The van der Waals surface area contributed by atoms with E-state index in [0.717, 1.165) is 13.0 Å². The fourth-order valence-corrected chi connectivity index (χ4v) is 1.58. The summed E-state index contributed by atoms with van der Waals surface area (Å²) in [6.07, 6.45) is 3.77. The molecule has 1 aromatic rings. The molecule has 2 heterocycles. The molecule has 1 N–H and O–H groups in total. The van der Waals surface area contributed by atoms with Crippen LogP contribution in [0.4, 0.5) is 5.69 Å². The first-order chi connectivity index (χ1) is 7.66. The zero-order chi connectivity index (χ0) is 11.5. The molecule has 1 fully saturated rings. The van der Waals surface area contributed by atoms with Gasteiger partial charge in [-0.1, -0.05) is 0 Å². The van der Waals surface area contributed by atoms with Gasteiger partial charge in [0, 0.05) is 6.04 Å². The Morgan fingerprint density at radius 2 is 2.44 bits per heavy atom. The average Bonchev–Trinajstić information content (AvgIpc) is 2.15. The standard InChI is InChI=1S/C10H13N3O3/c1-7(10-2-3-12-10)16-9-4-8(13(14)15)5-11-6-9/h4-7,10,12H,2-3H2,1H3/t7?,10-/m1/s1. The van der Waals surface area contributed by atoms with Crippen LogP contribution >= 0.6 is 0 Å². The van der Waals surface area contributed by atoms with E-state index in [9.17, 15) is 10.1 Å². The number of nitrogens with one attached hydrogen (secondary N) is 1. The molecule has 1 unspecified atom stereocenters. The Kier molecular flexibility index (Phi) is 3.00. The lowest BCUT2D eigenvalue weighted by Crippen LogP contribution is -2.51. The number of hydrogen-bond acceptors (Lipinski definition) is 5. The fraction of sp³-hybridized carbons (Fsp3) is 0.500. The van der Waals surface area contributed by atoms with Crippen molar-refractivity contribution in [3.05, 3.63) is 28.6 Å². The van der Waals surface area contributed by atoms with Crippen LogP contribution in [-0.4, -0.2) is 28.6 Å².